The highest BCUT2D eigenvalue weighted by Gasteiger charge is 2.30. The average molecular weight is 264 g/mol. The van der Waals surface area contributed by atoms with Crippen molar-refractivity contribution in [2.24, 2.45) is 5.41 Å². The molecule has 4 nitrogen and oxygen atoms in total. The summed E-state index contributed by atoms with van der Waals surface area (Å²) in [6, 6.07) is 0.307. The second kappa shape index (κ2) is 6.16. The van der Waals surface area contributed by atoms with E-state index in [9.17, 15) is 8.42 Å². The Bertz CT molecular complexity index is 318. The molecule has 1 unspecified atom stereocenters. The van der Waals surface area contributed by atoms with E-state index in [4.69, 9.17) is 0 Å². The van der Waals surface area contributed by atoms with E-state index < -0.39 is 10.0 Å². The Balaban J connectivity index is 4.51. The van der Waals surface area contributed by atoms with Crippen molar-refractivity contribution in [3.63, 3.8) is 0 Å². The first kappa shape index (κ1) is 16.9. The predicted octanol–water partition coefficient (Wildman–Crippen LogP) is 1.68. The first-order chi connectivity index (χ1) is 7.48. The molecule has 1 atom stereocenters. The summed E-state index contributed by atoms with van der Waals surface area (Å²) in [5.74, 6) is 0.155. The van der Waals surface area contributed by atoms with Gasteiger partial charge in [-0.05, 0) is 12.3 Å². The second-order valence-electron chi connectivity index (χ2n) is 5.98. The molecule has 104 valence electrons. The minimum Gasteiger partial charge on any atom is -0.313 e. The average Bonchev–Trinajstić information content (AvgIpc) is 2.13. The number of nitrogens with one attached hydrogen (secondary N) is 1. The Morgan fingerprint density at radius 2 is 1.65 bits per heavy atom. The molecule has 0 aliphatic rings. The molecule has 0 spiro atoms. The molecule has 0 heterocycles. The molecule has 0 saturated carbocycles. The van der Waals surface area contributed by atoms with Crippen LogP contribution in [0.25, 0.3) is 0 Å². The molecule has 0 bridgehead atoms. The molecular weight excluding hydrogens is 236 g/mol. The van der Waals surface area contributed by atoms with Gasteiger partial charge in [0.05, 0.1) is 5.75 Å². The fraction of sp³-hybridized carbons (Fsp3) is 1.00. The summed E-state index contributed by atoms with van der Waals surface area (Å²) < 4.78 is 25.7. The third kappa shape index (κ3) is 5.84. The fourth-order valence-corrected chi connectivity index (χ4v) is 2.87. The summed E-state index contributed by atoms with van der Waals surface area (Å²) in [5.41, 5.74) is -0.0483. The summed E-state index contributed by atoms with van der Waals surface area (Å²) in [6.45, 7) is 12.6. The van der Waals surface area contributed by atoms with Crippen LogP contribution in [0, 0.1) is 5.41 Å². The Kier molecular flexibility index (Phi) is 6.11. The Morgan fingerprint density at radius 3 is 2.00 bits per heavy atom. The van der Waals surface area contributed by atoms with Crippen LogP contribution in [0.1, 0.15) is 41.5 Å². The van der Waals surface area contributed by atoms with Crippen molar-refractivity contribution in [2.75, 3.05) is 19.3 Å². The largest absolute Gasteiger partial charge is 0.313 e. The Labute approximate surface area is 107 Å². The molecule has 17 heavy (non-hydrogen) atoms. The van der Waals surface area contributed by atoms with Crippen molar-refractivity contribution >= 4 is 10.0 Å². The van der Waals surface area contributed by atoms with Crippen molar-refractivity contribution in [2.45, 2.75) is 53.6 Å². The zero-order valence-electron chi connectivity index (χ0n) is 12.2. The lowest BCUT2D eigenvalue weighted by Crippen LogP contribution is -2.45. The van der Waals surface area contributed by atoms with Gasteiger partial charge in [-0.2, -0.15) is 0 Å². The molecular formula is C12H28N2O2S. The monoisotopic (exact) mass is 264 g/mol. The van der Waals surface area contributed by atoms with Crippen molar-refractivity contribution in [1.29, 1.82) is 0 Å². The van der Waals surface area contributed by atoms with E-state index in [2.05, 4.69) is 26.1 Å². The highest BCUT2D eigenvalue weighted by atomic mass is 32.2. The lowest BCUT2D eigenvalue weighted by atomic mass is 9.88. The van der Waals surface area contributed by atoms with E-state index in [1.807, 2.05) is 20.8 Å². The topological polar surface area (TPSA) is 49.4 Å². The normalized spacial score (nSPS) is 15.6. The quantitative estimate of drug-likeness (QED) is 0.794. The van der Waals surface area contributed by atoms with Gasteiger partial charge >= 0.3 is 0 Å². The van der Waals surface area contributed by atoms with E-state index in [0.29, 0.717) is 12.6 Å². The molecule has 0 radical (unpaired) electrons. The summed E-state index contributed by atoms with van der Waals surface area (Å²) in [7, 11) is -1.50. The van der Waals surface area contributed by atoms with Crippen LogP contribution in [0.3, 0.4) is 0 Å². The summed E-state index contributed by atoms with van der Waals surface area (Å²) in [4.78, 5) is 0. The van der Waals surface area contributed by atoms with Gasteiger partial charge in [0.25, 0.3) is 0 Å². The van der Waals surface area contributed by atoms with Crippen molar-refractivity contribution in [1.82, 2.24) is 9.62 Å². The van der Waals surface area contributed by atoms with Gasteiger partial charge in [-0.15, -0.1) is 0 Å². The van der Waals surface area contributed by atoms with Gasteiger partial charge in [-0.1, -0.05) is 34.6 Å². The minimum atomic E-state index is -3.17. The molecule has 0 fully saturated rings. The van der Waals surface area contributed by atoms with Crippen LogP contribution in [0.15, 0.2) is 0 Å². The zero-order valence-corrected chi connectivity index (χ0v) is 13.1. The fourth-order valence-electron chi connectivity index (χ4n) is 1.41. The second-order valence-corrected chi connectivity index (χ2v) is 8.13. The highest BCUT2D eigenvalue weighted by molar-refractivity contribution is 7.89. The lowest BCUT2D eigenvalue weighted by molar-refractivity contribution is 0.216. The van der Waals surface area contributed by atoms with Gasteiger partial charge in [0, 0.05) is 25.7 Å². The molecule has 0 aromatic heterocycles. The standard InChI is InChI=1S/C12H28N2O2S/c1-10(2)13-8-9-17(15,16)14(7)11(3)12(4,5)6/h10-11,13H,8-9H2,1-7H3. The SMILES string of the molecule is CC(C)NCCS(=O)(=O)N(C)C(C)C(C)(C)C. The maximum absolute atomic E-state index is 12.1. The third-order valence-electron chi connectivity index (χ3n) is 3.15. The molecule has 0 aliphatic heterocycles. The first-order valence-electron chi connectivity index (χ1n) is 6.17. The van der Waals surface area contributed by atoms with Gasteiger partial charge in [-0.3, -0.25) is 0 Å². The maximum Gasteiger partial charge on any atom is 0.215 e. The molecule has 0 aromatic carbocycles. The number of rotatable bonds is 6. The number of hydrogen-bond acceptors (Lipinski definition) is 3. The van der Waals surface area contributed by atoms with Crippen LogP contribution >= 0.6 is 0 Å². The van der Waals surface area contributed by atoms with Crippen molar-refractivity contribution < 1.29 is 8.42 Å². The summed E-state index contributed by atoms with van der Waals surface area (Å²) in [5, 5.41) is 3.13. The van der Waals surface area contributed by atoms with Crippen LogP contribution in [0.5, 0.6) is 0 Å². The van der Waals surface area contributed by atoms with Crippen LogP contribution < -0.4 is 5.32 Å². The van der Waals surface area contributed by atoms with Crippen LogP contribution in [0.4, 0.5) is 0 Å². The molecule has 5 heteroatoms. The first-order valence-corrected chi connectivity index (χ1v) is 7.78. The third-order valence-corrected chi connectivity index (χ3v) is 5.06. The number of hydrogen-bond donors (Lipinski definition) is 1. The Hall–Kier alpha value is -0.130. The minimum absolute atomic E-state index is 0.00782. The van der Waals surface area contributed by atoms with E-state index in [0.717, 1.165) is 0 Å². The number of sulfonamides is 1. The zero-order chi connectivity index (χ0) is 13.9. The van der Waals surface area contributed by atoms with Gasteiger partial charge in [-0.25, -0.2) is 12.7 Å². The highest BCUT2D eigenvalue weighted by Crippen LogP contribution is 2.24. The molecule has 0 saturated heterocycles. The van der Waals surface area contributed by atoms with Crippen LogP contribution in [0.2, 0.25) is 0 Å². The van der Waals surface area contributed by atoms with E-state index in [-0.39, 0.29) is 17.2 Å². The van der Waals surface area contributed by atoms with E-state index in [1.54, 1.807) is 7.05 Å². The van der Waals surface area contributed by atoms with Crippen molar-refractivity contribution in [3.05, 3.63) is 0 Å². The van der Waals surface area contributed by atoms with E-state index in [1.165, 1.54) is 4.31 Å². The Morgan fingerprint density at radius 1 is 1.18 bits per heavy atom. The van der Waals surface area contributed by atoms with Gasteiger partial charge < -0.3 is 5.32 Å². The van der Waals surface area contributed by atoms with E-state index >= 15 is 0 Å². The predicted molar refractivity (Wildman–Crippen MR) is 73.6 cm³/mol. The molecule has 0 rings (SSSR count). The van der Waals surface area contributed by atoms with Crippen LogP contribution in [-0.2, 0) is 10.0 Å². The molecule has 0 amide bonds. The molecule has 0 aliphatic carbocycles. The summed E-state index contributed by atoms with van der Waals surface area (Å²) in [6.07, 6.45) is 0. The maximum atomic E-state index is 12.1. The van der Waals surface area contributed by atoms with Gasteiger partial charge in [0.2, 0.25) is 10.0 Å². The smallest absolute Gasteiger partial charge is 0.215 e. The van der Waals surface area contributed by atoms with Crippen LogP contribution in [-0.4, -0.2) is 44.2 Å². The molecule has 0 aromatic rings. The van der Waals surface area contributed by atoms with Gasteiger partial charge in [0.1, 0.15) is 0 Å². The van der Waals surface area contributed by atoms with Gasteiger partial charge in [0.15, 0.2) is 0 Å². The van der Waals surface area contributed by atoms with Crippen molar-refractivity contribution in [3.8, 4) is 0 Å². The number of nitrogens with zero attached hydrogens (tertiary/aromatic N) is 1. The molecule has 1 N–H and O–H groups in total. The summed E-state index contributed by atoms with van der Waals surface area (Å²) >= 11 is 0. The lowest BCUT2D eigenvalue weighted by Gasteiger charge is -2.34.